The van der Waals surface area contributed by atoms with Gasteiger partial charge in [-0.2, -0.15) is 0 Å². The lowest BCUT2D eigenvalue weighted by molar-refractivity contribution is -0.121. The van der Waals surface area contributed by atoms with Crippen LogP contribution in [0.2, 0.25) is 0 Å². The van der Waals surface area contributed by atoms with E-state index in [9.17, 15) is 14.0 Å². The standard InChI is InChI=1S/C25H26FN7O3/c1-13-22(36-14(2)29-13)24(35)30-15-7-8-19(26)18(9-15)21-12-33-11-16(10-28-25(33)32-21)31-23(34)17-5-3-4-6-20(17)27/h7-12,17,20H,3-6,27H2,1-2H3,(H,30,35)(H,31,34)/t17-,20+/m1/s1. The number of rotatable bonds is 5. The van der Waals surface area contributed by atoms with Crippen LogP contribution in [0, 0.1) is 25.6 Å². The normalized spacial score (nSPS) is 17.8. The molecule has 2 atom stereocenters. The molecule has 4 aromatic rings. The van der Waals surface area contributed by atoms with E-state index in [1.54, 1.807) is 30.6 Å². The van der Waals surface area contributed by atoms with Crippen LogP contribution in [0.25, 0.3) is 17.0 Å². The summed E-state index contributed by atoms with van der Waals surface area (Å²) in [4.78, 5) is 38.1. The van der Waals surface area contributed by atoms with Gasteiger partial charge in [0.15, 0.2) is 5.89 Å². The van der Waals surface area contributed by atoms with E-state index >= 15 is 0 Å². The van der Waals surface area contributed by atoms with E-state index in [1.165, 1.54) is 24.4 Å². The maximum Gasteiger partial charge on any atom is 0.293 e. The summed E-state index contributed by atoms with van der Waals surface area (Å²) in [6.07, 6.45) is 8.41. The lowest BCUT2D eigenvalue weighted by Crippen LogP contribution is -2.40. The van der Waals surface area contributed by atoms with Gasteiger partial charge in [0, 0.05) is 36.6 Å². The first-order valence-electron chi connectivity index (χ1n) is 11.7. The predicted molar refractivity (Wildman–Crippen MR) is 131 cm³/mol. The smallest absolute Gasteiger partial charge is 0.293 e. The van der Waals surface area contributed by atoms with Crippen molar-refractivity contribution in [3.8, 4) is 11.3 Å². The molecule has 1 aliphatic rings. The summed E-state index contributed by atoms with van der Waals surface area (Å²) in [5.74, 6) is -0.548. The first-order chi connectivity index (χ1) is 17.3. The largest absolute Gasteiger partial charge is 0.436 e. The van der Waals surface area contributed by atoms with Gasteiger partial charge in [-0.25, -0.2) is 19.3 Å². The van der Waals surface area contributed by atoms with Crippen LogP contribution in [0.3, 0.4) is 0 Å². The average molecular weight is 492 g/mol. The number of nitrogens with zero attached hydrogens (tertiary/aromatic N) is 4. The Morgan fingerprint density at radius 3 is 2.67 bits per heavy atom. The zero-order valence-electron chi connectivity index (χ0n) is 19.9. The van der Waals surface area contributed by atoms with Gasteiger partial charge in [0.25, 0.3) is 5.91 Å². The summed E-state index contributed by atoms with van der Waals surface area (Å²) in [6.45, 7) is 3.32. The summed E-state index contributed by atoms with van der Waals surface area (Å²) in [7, 11) is 0. The minimum Gasteiger partial charge on any atom is -0.436 e. The zero-order valence-corrected chi connectivity index (χ0v) is 19.9. The summed E-state index contributed by atoms with van der Waals surface area (Å²) in [5.41, 5.74) is 7.96. The van der Waals surface area contributed by atoms with E-state index in [0.29, 0.717) is 34.4 Å². The van der Waals surface area contributed by atoms with Crippen molar-refractivity contribution in [3.05, 3.63) is 60.0 Å². The molecule has 1 saturated carbocycles. The summed E-state index contributed by atoms with van der Waals surface area (Å²) in [5, 5.41) is 5.58. The fourth-order valence-electron chi connectivity index (χ4n) is 4.53. The van der Waals surface area contributed by atoms with Crippen LogP contribution in [0.5, 0.6) is 0 Å². The van der Waals surface area contributed by atoms with Gasteiger partial charge in [-0.1, -0.05) is 12.8 Å². The van der Waals surface area contributed by atoms with Crippen LogP contribution in [0.15, 0.2) is 41.2 Å². The molecular formula is C25H26FN7O3. The second-order valence-corrected chi connectivity index (χ2v) is 9.02. The number of benzene rings is 1. The Bertz CT molecular complexity index is 1460. The number of carbonyl (C=O) groups excluding carboxylic acids is 2. The van der Waals surface area contributed by atoms with Crippen molar-refractivity contribution < 1.29 is 18.4 Å². The number of carbonyl (C=O) groups is 2. The van der Waals surface area contributed by atoms with Crippen LogP contribution >= 0.6 is 0 Å². The lowest BCUT2D eigenvalue weighted by atomic mass is 9.84. The number of fused-ring (bicyclic) bond motifs is 1. The number of nitrogens with one attached hydrogen (secondary N) is 2. The van der Waals surface area contributed by atoms with Crippen molar-refractivity contribution in [1.82, 2.24) is 19.4 Å². The molecule has 1 aliphatic carbocycles. The van der Waals surface area contributed by atoms with Crippen LogP contribution in [0.4, 0.5) is 15.8 Å². The second-order valence-electron chi connectivity index (χ2n) is 9.02. The third-order valence-corrected chi connectivity index (χ3v) is 6.34. The van der Waals surface area contributed by atoms with Gasteiger partial charge in [-0.15, -0.1) is 0 Å². The Labute approximate surface area is 206 Å². The maximum atomic E-state index is 14.7. The molecule has 0 radical (unpaired) electrons. The third kappa shape index (κ3) is 4.69. The second kappa shape index (κ2) is 9.50. The fraction of sp³-hybridized carbons (Fsp3) is 0.320. The number of hydrogen-bond donors (Lipinski definition) is 3. The van der Waals surface area contributed by atoms with Gasteiger partial charge < -0.3 is 20.8 Å². The number of imidazole rings is 1. The van der Waals surface area contributed by atoms with E-state index in [0.717, 1.165) is 25.7 Å². The Morgan fingerprint density at radius 1 is 1.11 bits per heavy atom. The molecule has 3 heterocycles. The summed E-state index contributed by atoms with van der Waals surface area (Å²) in [6, 6.07) is 4.04. The number of nitrogens with two attached hydrogens (primary N) is 1. The minimum atomic E-state index is -0.511. The molecule has 0 unspecified atom stereocenters. The van der Waals surface area contributed by atoms with E-state index in [-0.39, 0.29) is 29.2 Å². The average Bonchev–Trinajstić information content (AvgIpc) is 3.42. The minimum absolute atomic E-state index is 0.0964. The lowest BCUT2D eigenvalue weighted by Gasteiger charge is -2.27. The number of oxazole rings is 1. The van der Waals surface area contributed by atoms with Crippen molar-refractivity contribution in [3.63, 3.8) is 0 Å². The Kier molecular flexibility index (Phi) is 6.23. The van der Waals surface area contributed by atoms with Gasteiger partial charge in [0.05, 0.1) is 29.2 Å². The van der Waals surface area contributed by atoms with Gasteiger partial charge in [-0.05, 0) is 38.0 Å². The van der Waals surface area contributed by atoms with E-state index in [1.807, 2.05) is 0 Å². The quantitative estimate of drug-likeness (QED) is 0.385. The van der Waals surface area contributed by atoms with Crippen molar-refractivity contribution >= 4 is 29.0 Å². The Morgan fingerprint density at radius 2 is 1.92 bits per heavy atom. The van der Waals surface area contributed by atoms with Crippen LogP contribution < -0.4 is 16.4 Å². The van der Waals surface area contributed by atoms with E-state index in [2.05, 4.69) is 25.6 Å². The number of amides is 2. The third-order valence-electron chi connectivity index (χ3n) is 6.34. The molecule has 3 aromatic heterocycles. The number of anilines is 2. The number of aromatic nitrogens is 4. The summed E-state index contributed by atoms with van der Waals surface area (Å²) < 4.78 is 21.7. The molecule has 10 nitrogen and oxygen atoms in total. The first-order valence-corrected chi connectivity index (χ1v) is 11.7. The predicted octanol–water partition coefficient (Wildman–Crippen LogP) is 3.85. The van der Waals surface area contributed by atoms with E-state index in [4.69, 9.17) is 10.2 Å². The number of hydrogen-bond acceptors (Lipinski definition) is 7. The fourth-order valence-corrected chi connectivity index (χ4v) is 4.53. The molecular weight excluding hydrogens is 465 g/mol. The van der Waals surface area contributed by atoms with Gasteiger partial charge in [0.1, 0.15) is 5.82 Å². The van der Waals surface area contributed by atoms with Gasteiger partial charge >= 0.3 is 0 Å². The van der Waals surface area contributed by atoms with Crippen LogP contribution in [0.1, 0.15) is 47.8 Å². The molecule has 11 heteroatoms. The van der Waals surface area contributed by atoms with E-state index < -0.39 is 11.7 Å². The first kappa shape index (κ1) is 23.6. The maximum absolute atomic E-state index is 14.7. The molecule has 4 N–H and O–H groups in total. The molecule has 5 rings (SSSR count). The molecule has 2 amide bonds. The SMILES string of the molecule is Cc1nc(C)c(C(=O)Nc2ccc(F)c(-c3cn4cc(NC(=O)[C@@H]5CCCC[C@@H]5N)cnc4n3)c2)o1. The molecule has 1 fully saturated rings. The highest BCUT2D eigenvalue weighted by Gasteiger charge is 2.28. The van der Waals surface area contributed by atoms with Crippen molar-refractivity contribution in [2.75, 3.05) is 10.6 Å². The number of halogens is 1. The summed E-state index contributed by atoms with van der Waals surface area (Å²) >= 11 is 0. The van der Waals surface area contributed by atoms with Crippen LogP contribution in [-0.2, 0) is 4.79 Å². The molecule has 0 saturated heterocycles. The molecule has 186 valence electrons. The highest BCUT2D eigenvalue weighted by molar-refractivity contribution is 6.03. The van der Waals surface area contributed by atoms with Crippen LogP contribution in [-0.4, -0.2) is 37.2 Å². The highest BCUT2D eigenvalue weighted by Crippen LogP contribution is 2.27. The molecule has 0 bridgehead atoms. The van der Waals surface area contributed by atoms with Crippen molar-refractivity contribution in [2.45, 2.75) is 45.6 Å². The monoisotopic (exact) mass is 491 g/mol. The van der Waals surface area contributed by atoms with Crippen molar-refractivity contribution in [1.29, 1.82) is 0 Å². The molecule has 1 aromatic carbocycles. The molecule has 0 aliphatic heterocycles. The zero-order chi connectivity index (χ0) is 25.4. The van der Waals surface area contributed by atoms with Gasteiger partial charge in [0.2, 0.25) is 17.4 Å². The van der Waals surface area contributed by atoms with Crippen molar-refractivity contribution in [2.24, 2.45) is 11.7 Å². The van der Waals surface area contributed by atoms with Gasteiger partial charge in [-0.3, -0.25) is 14.0 Å². The molecule has 0 spiro atoms. The molecule has 36 heavy (non-hydrogen) atoms. The Hall–Kier alpha value is -4.12. The highest BCUT2D eigenvalue weighted by atomic mass is 19.1. The topological polar surface area (TPSA) is 140 Å². The number of aryl methyl sites for hydroxylation is 2. The Balaban J connectivity index is 1.37.